The highest BCUT2D eigenvalue weighted by Gasteiger charge is 2.38. The second kappa shape index (κ2) is 11.5. The molecule has 6 aromatic rings. The fourth-order valence-corrected chi connectivity index (χ4v) is 7.90. The smallest absolute Gasteiger partial charge is 0.231 e. The van der Waals surface area contributed by atoms with Crippen LogP contribution >= 0.6 is 7.92 Å². The van der Waals surface area contributed by atoms with Crippen LogP contribution in [0.1, 0.15) is 0 Å². The monoisotopic (exact) mass is 634 g/mol. The van der Waals surface area contributed by atoms with Crippen molar-refractivity contribution in [2.24, 2.45) is 18.9 Å². The molecule has 2 saturated heterocycles. The van der Waals surface area contributed by atoms with Crippen molar-refractivity contribution in [1.29, 1.82) is 0 Å². The summed E-state index contributed by atoms with van der Waals surface area (Å²) in [6.07, 6.45) is 9.29. The van der Waals surface area contributed by atoms with Gasteiger partial charge in [0, 0.05) is 90.6 Å². The fraction of sp³-hybridized carbons (Fsp3) is 0.303. The number of anilines is 5. The number of methoxy groups -OCH3 is 1. The van der Waals surface area contributed by atoms with Crippen molar-refractivity contribution in [3.63, 3.8) is 0 Å². The van der Waals surface area contributed by atoms with E-state index in [1.807, 2.05) is 42.5 Å². The summed E-state index contributed by atoms with van der Waals surface area (Å²) in [5.74, 6) is 2.92. The molecule has 0 radical (unpaired) electrons. The maximum Gasteiger partial charge on any atom is 0.231 e. The molecule has 8 rings (SSSR count). The highest BCUT2D eigenvalue weighted by atomic mass is 31.1. The summed E-state index contributed by atoms with van der Waals surface area (Å²) in [4.78, 5) is 24.7. The van der Waals surface area contributed by atoms with Crippen LogP contribution < -0.4 is 25.6 Å². The van der Waals surface area contributed by atoms with Crippen molar-refractivity contribution in [2.45, 2.75) is 0 Å². The van der Waals surface area contributed by atoms with Crippen molar-refractivity contribution in [3.05, 3.63) is 61.3 Å². The lowest BCUT2D eigenvalue weighted by Crippen LogP contribution is -2.23. The van der Waals surface area contributed by atoms with Crippen LogP contribution in [0.3, 0.4) is 0 Å². The summed E-state index contributed by atoms with van der Waals surface area (Å²) in [5, 5.41) is 13.6. The maximum atomic E-state index is 5.96. The average Bonchev–Trinajstić information content (AvgIpc) is 3.86. The van der Waals surface area contributed by atoms with Gasteiger partial charge in [0.25, 0.3) is 0 Å². The lowest BCUT2D eigenvalue weighted by molar-refractivity contribution is 0.177. The van der Waals surface area contributed by atoms with Crippen molar-refractivity contribution in [1.82, 2.24) is 34.7 Å². The van der Waals surface area contributed by atoms with Crippen LogP contribution in [-0.2, 0) is 11.8 Å². The molecule has 0 bridgehead atoms. The third kappa shape index (κ3) is 5.07. The average molecular weight is 635 g/mol. The first-order chi connectivity index (χ1) is 22.4. The summed E-state index contributed by atoms with van der Waals surface area (Å²) in [7, 11) is 3.13. The lowest BCUT2D eigenvalue weighted by atomic mass is 10.0. The van der Waals surface area contributed by atoms with Gasteiger partial charge in [0.05, 0.1) is 48.6 Å². The number of aromatic nitrogens is 7. The van der Waals surface area contributed by atoms with E-state index in [9.17, 15) is 0 Å². The minimum Gasteiger partial charge on any atom is -0.494 e. The Kier molecular flexibility index (Phi) is 7.18. The Labute approximate surface area is 267 Å². The topological polar surface area (TPSA) is 131 Å². The van der Waals surface area contributed by atoms with Crippen LogP contribution in [0.15, 0.2) is 61.3 Å². The molecular weight excluding hydrogens is 599 g/mol. The molecule has 0 unspecified atom stereocenters. The SMILES string of the molecule is COc1cc(N2C[C@H]3COC[C@H]3C2)c(-c2cnn(C)c2)cc1Nc1nc(Nc2ccc3nccnc3c2P(C)C)c2cc[nH]c2n1. The maximum absolute atomic E-state index is 5.96. The van der Waals surface area contributed by atoms with Crippen LogP contribution in [0.5, 0.6) is 5.75 Å². The number of hydrogen-bond donors (Lipinski definition) is 3. The van der Waals surface area contributed by atoms with Crippen molar-refractivity contribution < 1.29 is 9.47 Å². The van der Waals surface area contributed by atoms with E-state index in [1.54, 1.807) is 19.5 Å². The van der Waals surface area contributed by atoms with Gasteiger partial charge in [-0.1, -0.05) is 7.92 Å². The summed E-state index contributed by atoms with van der Waals surface area (Å²) in [6, 6.07) is 10.3. The fourth-order valence-electron chi connectivity index (χ4n) is 6.69. The van der Waals surface area contributed by atoms with E-state index < -0.39 is 7.92 Å². The molecular formula is C33H35N10O2P. The predicted octanol–water partition coefficient (Wildman–Crippen LogP) is 5.25. The third-order valence-electron chi connectivity index (χ3n) is 8.89. The molecule has 3 N–H and O–H groups in total. The number of ether oxygens (including phenoxy) is 2. The Balaban J connectivity index is 1.19. The summed E-state index contributed by atoms with van der Waals surface area (Å²) in [5.41, 5.74) is 7.43. The van der Waals surface area contributed by atoms with E-state index in [-0.39, 0.29) is 0 Å². The van der Waals surface area contributed by atoms with Gasteiger partial charge in [0.1, 0.15) is 17.2 Å². The summed E-state index contributed by atoms with van der Waals surface area (Å²) >= 11 is 0. The zero-order valence-corrected chi connectivity index (χ0v) is 27.0. The first-order valence-electron chi connectivity index (χ1n) is 15.3. The molecule has 0 saturated carbocycles. The highest BCUT2D eigenvalue weighted by molar-refractivity contribution is 7.65. The largest absolute Gasteiger partial charge is 0.494 e. The standard InChI is InChI=1S/C33H35N10O2P/c1-42-14-19(13-37-42)23-11-26(28(44-2)12-27(23)43-15-20-17-45-18-21(20)16-43)39-33-40-31-22(7-8-36-31)32(41-33)38-25-6-5-24-29(30(25)46(3)4)35-10-9-34-24/h5-14,20-21H,15-18H2,1-4H3,(H3,36,38,39,40,41)/t20-,21+. The minimum absolute atomic E-state index is 0.436. The van der Waals surface area contributed by atoms with Gasteiger partial charge in [0.15, 0.2) is 0 Å². The molecule has 2 aromatic carbocycles. The zero-order chi connectivity index (χ0) is 31.4. The molecule has 46 heavy (non-hydrogen) atoms. The molecule has 4 aromatic heterocycles. The minimum atomic E-state index is -0.499. The predicted molar refractivity (Wildman–Crippen MR) is 184 cm³/mol. The summed E-state index contributed by atoms with van der Waals surface area (Å²) < 4.78 is 13.5. The molecule has 2 aliphatic heterocycles. The van der Waals surface area contributed by atoms with Crippen molar-refractivity contribution >= 4 is 64.1 Å². The zero-order valence-electron chi connectivity index (χ0n) is 26.2. The van der Waals surface area contributed by atoms with Gasteiger partial charge in [-0.15, -0.1) is 0 Å². The molecule has 6 heterocycles. The van der Waals surface area contributed by atoms with Crippen LogP contribution in [-0.4, -0.2) is 81.4 Å². The number of fused-ring (bicyclic) bond motifs is 3. The number of aromatic amines is 1. The first kappa shape index (κ1) is 28.7. The van der Waals surface area contributed by atoms with Gasteiger partial charge in [-0.3, -0.25) is 14.6 Å². The number of benzene rings is 2. The highest BCUT2D eigenvalue weighted by Crippen LogP contribution is 2.43. The van der Waals surface area contributed by atoms with Gasteiger partial charge in [-0.05, 0) is 37.6 Å². The third-order valence-corrected chi connectivity index (χ3v) is 10.2. The molecule has 234 valence electrons. The van der Waals surface area contributed by atoms with Crippen molar-refractivity contribution in [2.75, 3.05) is 62.3 Å². The van der Waals surface area contributed by atoms with Gasteiger partial charge in [0.2, 0.25) is 5.95 Å². The number of nitrogens with zero attached hydrogens (tertiary/aromatic N) is 7. The second-order valence-electron chi connectivity index (χ2n) is 12.1. The van der Waals surface area contributed by atoms with E-state index in [1.165, 1.54) is 0 Å². The molecule has 0 amide bonds. The Bertz CT molecular complexity index is 2060. The van der Waals surface area contributed by atoms with E-state index in [2.05, 4.69) is 67.1 Å². The summed E-state index contributed by atoms with van der Waals surface area (Å²) in [6.45, 7) is 8.00. The molecule has 0 aliphatic carbocycles. The van der Waals surface area contributed by atoms with Gasteiger partial charge in [-0.25, -0.2) is 0 Å². The molecule has 2 aliphatic rings. The number of hydrogen-bond acceptors (Lipinski definition) is 10. The van der Waals surface area contributed by atoms with E-state index >= 15 is 0 Å². The number of aryl methyl sites for hydroxylation is 1. The number of H-pyrrole nitrogens is 1. The number of nitrogens with one attached hydrogen (secondary N) is 3. The Hall–Kier alpha value is -4.80. The van der Waals surface area contributed by atoms with Gasteiger partial charge >= 0.3 is 0 Å². The van der Waals surface area contributed by atoms with E-state index in [0.717, 1.165) is 76.2 Å². The number of rotatable bonds is 8. The second-order valence-corrected chi connectivity index (χ2v) is 14.3. The normalized spacial score (nSPS) is 17.7. The molecule has 13 heteroatoms. The van der Waals surface area contributed by atoms with E-state index in [0.29, 0.717) is 35.0 Å². The van der Waals surface area contributed by atoms with Crippen LogP contribution in [0.4, 0.5) is 28.8 Å². The van der Waals surface area contributed by atoms with Crippen molar-refractivity contribution in [3.8, 4) is 16.9 Å². The Morgan fingerprint density at radius 2 is 1.83 bits per heavy atom. The van der Waals surface area contributed by atoms with Crippen LogP contribution in [0.25, 0.3) is 33.2 Å². The molecule has 2 fully saturated rings. The van der Waals surface area contributed by atoms with E-state index in [4.69, 9.17) is 19.4 Å². The quantitative estimate of drug-likeness (QED) is 0.191. The van der Waals surface area contributed by atoms with Gasteiger partial charge in [-0.2, -0.15) is 15.1 Å². The first-order valence-corrected chi connectivity index (χ1v) is 17.5. The van der Waals surface area contributed by atoms with Crippen LogP contribution in [0, 0.1) is 11.8 Å². The molecule has 0 spiro atoms. The Morgan fingerprint density at radius 1 is 1.00 bits per heavy atom. The lowest BCUT2D eigenvalue weighted by Gasteiger charge is -2.25. The molecule has 12 nitrogen and oxygen atoms in total. The van der Waals surface area contributed by atoms with Crippen LogP contribution in [0.2, 0.25) is 0 Å². The van der Waals surface area contributed by atoms with Gasteiger partial charge < -0.3 is 30.0 Å². The molecule has 2 atom stereocenters. The Morgan fingerprint density at radius 3 is 2.59 bits per heavy atom.